The maximum absolute atomic E-state index is 12.3. The molecule has 1 aliphatic rings. The van der Waals surface area contributed by atoms with Gasteiger partial charge in [-0.25, -0.2) is 4.98 Å². The van der Waals surface area contributed by atoms with Crippen LogP contribution in [0, 0.1) is 12.8 Å². The fourth-order valence-corrected chi connectivity index (χ4v) is 4.49. The van der Waals surface area contributed by atoms with Gasteiger partial charge in [-0.05, 0) is 62.2 Å². The van der Waals surface area contributed by atoms with E-state index in [0.717, 1.165) is 53.9 Å². The third-order valence-corrected chi connectivity index (χ3v) is 6.42. The molecule has 2 heterocycles. The molecule has 9 heteroatoms. The first-order chi connectivity index (χ1) is 14.5. The molecule has 0 unspecified atom stereocenters. The summed E-state index contributed by atoms with van der Waals surface area (Å²) in [5.74, 6) is 2.03. The minimum Gasteiger partial charge on any atom is -0.362 e. The molecule has 8 nitrogen and oxygen atoms in total. The Morgan fingerprint density at radius 1 is 1.17 bits per heavy atom. The Hall–Kier alpha value is -2.81. The molecule has 158 valence electrons. The standard InChI is InChI=1S/C21H27N7OS/c1-13-18(30-27-26-13)20(29)22-12-14-8-10-15(11-9-14)23-21-24-17-7-5-4-6-16(17)19(25-21)28(2)3/h4-7,14-15H,8-12H2,1-3H3,(H,22,29)(H,23,24,25). The third kappa shape index (κ3) is 4.51. The average Bonchev–Trinajstić information content (AvgIpc) is 3.18. The zero-order valence-corrected chi connectivity index (χ0v) is 18.4. The van der Waals surface area contributed by atoms with E-state index in [9.17, 15) is 4.79 Å². The Morgan fingerprint density at radius 3 is 2.63 bits per heavy atom. The molecule has 1 aromatic carbocycles. The van der Waals surface area contributed by atoms with Crippen LogP contribution in [0.1, 0.15) is 41.0 Å². The van der Waals surface area contributed by atoms with E-state index < -0.39 is 0 Å². The summed E-state index contributed by atoms with van der Waals surface area (Å²) in [7, 11) is 4.00. The van der Waals surface area contributed by atoms with Gasteiger partial charge in [-0.15, -0.1) is 5.10 Å². The lowest BCUT2D eigenvalue weighted by atomic mass is 9.86. The molecule has 0 bridgehead atoms. The van der Waals surface area contributed by atoms with Gasteiger partial charge in [0.25, 0.3) is 5.91 Å². The number of fused-ring (bicyclic) bond motifs is 1. The van der Waals surface area contributed by atoms with Crippen LogP contribution in [0.15, 0.2) is 24.3 Å². The smallest absolute Gasteiger partial charge is 0.264 e. The summed E-state index contributed by atoms with van der Waals surface area (Å²) in [6, 6.07) is 8.44. The Labute approximate surface area is 180 Å². The number of aryl methyl sites for hydroxylation is 1. The SMILES string of the molecule is Cc1nnsc1C(=O)NCC1CCC(Nc2nc(N(C)C)c3ccccc3n2)CC1. The van der Waals surface area contributed by atoms with Gasteiger partial charge in [0.05, 0.1) is 11.2 Å². The predicted octanol–water partition coefficient (Wildman–Crippen LogP) is 3.26. The predicted molar refractivity (Wildman–Crippen MR) is 120 cm³/mol. The topological polar surface area (TPSA) is 95.9 Å². The molecule has 0 atom stereocenters. The van der Waals surface area contributed by atoms with Gasteiger partial charge in [-0.2, -0.15) is 4.98 Å². The highest BCUT2D eigenvalue weighted by molar-refractivity contribution is 7.08. The number of carbonyl (C=O) groups is 1. The van der Waals surface area contributed by atoms with Crippen LogP contribution in [-0.2, 0) is 0 Å². The summed E-state index contributed by atoms with van der Waals surface area (Å²) < 4.78 is 3.83. The molecule has 1 amide bonds. The molecule has 0 spiro atoms. The fourth-order valence-electron chi connectivity index (χ4n) is 3.92. The second-order valence-corrected chi connectivity index (χ2v) is 8.80. The van der Waals surface area contributed by atoms with Crippen LogP contribution < -0.4 is 15.5 Å². The van der Waals surface area contributed by atoms with E-state index in [1.165, 1.54) is 0 Å². The number of nitrogens with one attached hydrogen (secondary N) is 2. The van der Waals surface area contributed by atoms with E-state index in [4.69, 9.17) is 9.97 Å². The van der Waals surface area contributed by atoms with Crippen LogP contribution in [0.5, 0.6) is 0 Å². The number of hydrogen-bond donors (Lipinski definition) is 2. The highest BCUT2D eigenvalue weighted by atomic mass is 32.1. The molecule has 2 N–H and O–H groups in total. The number of amides is 1. The van der Waals surface area contributed by atoms with Crippen molar-refractivity contribution in [3.63, 3.8) is 0 Å². The van der Waals surface area contributed by atoms with Crippen LogP contribution in [0.3, 0.4) is 0 Å². The number of para-hydroxylation sites is 1. The Balaban J connectivity index is 1.33. The molecule has 1 aliphatic carbocycles. The van der Waals surface area contributed by atoms with Gasteiger partial charge in [0, 0.05) is 32.1 Å². The largest absolute Gasteiger partial charge is 0.362 e. The zero-order valence-electron chi connectivity index (χ0n) is 17.6. The summed E-state index contributed by atoms with van der Waals surface area (Å²) in [6.45, 7) is 2.51. The van der Waals surface area contributed by atoms with Crippen LogP contribution in [0.4, 0.5) is 11.8 Å². The average molecular weight is 426 g/mol. The molecular formula is C21H27N7OS. The summed E-state index contributed by atoms with van der Waals surface area (Å²) in [6.07, 6.45) is 4.20. The first-order valence-corrected chi connectivity index (χ1v) is 11.1. The first-order valence-electron chi connectivity index (χ1n) is 10.3. The highest BCUT2D eigenvalue weighted by Crippen LogP contribution is 2.28. The lowest BCUT2D eigenvalue weighted by molar-refractivity contribution is 0.0946. The van der Waals surface area contributed by atoms with E-state index in [1.54, 1.807) is 0 Å². The van der Waals surface area contributed by atoms with E-state index in [-0.39, 0.29) is 5.91 Å². The number of carbonyl (C=O) groups excluding carboxylic acids is 1. The zero-order chi connectivity index (χ0) is 21.1. The van der Waals surface area contributed by atoms with Crippen molar-refractivity contribution in [2.24, 2.45) is 5.92 Å². The molecule has 0 radical (unpaired) electrons. The Kier molecular flexibility index (Phi) is 6.08. The summed E-state index contributed by atoms with van der Waals surface area (Å²) in [5, 5.41) is 11.5. The van der Waals surface area contributed by atoms with E-state index in [1.807, 2.05) is 44.1 Å². The summed E-state index contributed by atoms with van der Waals surface area (Å²) >= 11 is 1.15. The second kappa shape index (κ2) is 8.91. The number of anilines is 2. The molecule has 30 heavy (non-hydrogen) atoms. The van der Waals surface area contributed by atoms with Crippen molar-refractivity contribution in [2.45, 2.75) is 38.6 Å². The number of benzene rings is 1. The van der Waals surface area contributed by atoms with Gasteiger partial charge >= 0.3 is 0 Å². The van der Waals surface area contributed by atoms with Gasteiger partial charge in [0.15, 0.2) is 0 Å². The van der Waals surface area contributed by atoms with Gasteiger partial charge in [0.2, 0.25) is 5.95 Å². The molecule has 4 rings (SSSR count). The van der Waals surface area contributed by atoms with Gasteiger partial charge in [-0.3, -0.25) is 4.79 Å². The Morgan fingerprint density at radius 2 is 1.93 bits per heavy atom. The monoisotopic (exact) mass is 425 g/mol. The normalized spacial score (nSPS) is 18.9. The number of rotatable bonds is 6. The minimum atomic E-state index is -0.0662. The van der Waals surface area contributed by atoms with Crippen molar-refractivity contribution in [3.05, 3.63) is 34.8 Å². The maximum atomic E-state index is 12.3. The molecule has 1 fully saturated rings. The lowest BCUT2D eigenvalue weighted by Gasteiger charge is -2.29. The summed E-state index contributed by atoms with van der Waals surface area (Å²) in [5.41, 5.74) is 1.64. The second-order valence-electron chi connectivity index (χ2n) is 8.04. The van der Waals surface area contributed by atoms with Crippen molar-refractivity contribution in [1.29, 1.82) is 0 Å². The number of aromatic nitrogens is 4. The minimum absolute atomic E-state index is 0.0662. The summed E-state index contributed by atoms with van der Waals surface area (Å²) in [4.78, 5) is 24.3. The van der Waals surface area contributed by atoms with Crippen molar-refractivity contribution >= 4 is 40.1 Å². The van der Waals surface area contributed by atoms with Crippen LogP contribution in [-0.4, -0.2) is 52.1 Å². The highest BCUT2D eigenvalue weighted by Gasteiger charge is 2.23. The molecule has 1 saturated carbocycles. The van der Waals surface area contributed by atoms with Crippen LogP contribution in [0.25, 0.3) is 10.9 Å². The van der Waals surface area contributed by atoms with Crippen LogP contribution in [0.2, 0.25) is 0 Å². The molecule has 0 aliphatic heterocycles. The maximum Gasteiger partial charge on any atom is 0.264 e. The fraction of sp³-hybridized carbons (Fsp3) is 0.476. The van der Waals surface area contributed by atoms with E-state index in [0.29, 0.717) is 35.0 Å². The van der Waals surface area contributed by atoms with Crippen molar-refractivity contribution in [3.8, 4) is 0 Å². The number of nitrogens with zero attached hydrogens (tertiary/aromatic N) is 5. The molecule has 0 saturated heterocycles. The van der Waals surface area contributed by atoms with E-state index in [2.05, 4.69) is 26.3 Å². The molecule has 2 aromatic heterocycles. The quantitative estimate of drug-likeness (QED) is 0.626. The van der Waals surface area contributed by atoms with Crippen molar-refractivity contribution < 1.29 is 4.79 Å². The molecular weight excluding hydrogens is 398 g/mol. The number of hydrogen-bond acceptors (Lipinski definition) is 8. The Bertz CT molecular complexity index is 1030. The van der Waals surface area contributed by atoms with Crippen LogP contribution >= 0.6 is 11.5 Å². The lowest BCUT2D eigenvalue weighted by Crippen LogP contribution is -2.34. The molecule has 3 aromatic rings. The first kappa shape index (κ1) is 20.5. The van der Waals surface area contributed by atoms with Crippen molar-refractivity contribution in [2.75, 3.05) is 30.9 Å². The van der Waals surface area contributed by atoms with E-state index >= 15 is 0 Å². The van der Waals surface area contributed by atoms with Gasteiger partial charge < -0.3 is 15.5 Å². The van der Waals surface area contributed by atoms with Gasteiger partial charge in [-0.1, -0.05) is 16.6 Å². The van der Waals surface area contributed by atoms with Crippen molar-refractivity contribution in [1.82, 2.24) is 24.9 Å². The van der Waals surface area contributed by atoms with Gasteiger partial charge in [0.1, 0.15) is 10.7 Å². The third-order valence-electron chi connectivity index (χ3n) is 5.60.